The Kier molecular flexibility index (Phi) is 10.2. The van der Waals surface area contributed by atoms with Crippen molar-refractivity contribution < 1.29 is 28.4 Å². The van der Waals surface area contributed by atoms with Gasteiger partial charge in [-0.3, -0.25) is 0 Å². The molecule has 6 heteroatoms. The summed E-state index contributed by atoms with van der Waals surface area (Å²) in [6, 6.07) is 12.4. The quantitative estimate of drug-likeness (QED) is 0.367. The van der Waals surface area contributed by atoms with Gasteiger partial charge in [0.05, 0.1) is 26.4 Å². The van der Waals surface area contributed by atoms with E-state index in [-0.39, 0.29) is 0 Å². The molecule has 1 saturated heterocycles. The smallest absolute Gasteiger partial charge is 0.209 e. The highest BCUT2D eigenvalue weighted by Crippen LogP contribution is 2.24. The van der Waals surface area contributed by atoms with Crippen molar-refractivity contribution in [3.8, 4) is 11.5 Å². The summed E-state index contributed by atoms with van der Waals surface area (Å²) in [7, 11) is 0. The molecule has 0 spiro atoms. The van der Waals surface area contributed by atoms with Crippen molar-refractivity contribution in [2.75, 3.05) is 39.6 Å². The van der Waals surface area contributed by atoms with Crippen LogP contribution in [-0.2, 0) is 18.9 Å². The number of aryl methyl sites for hydroxylation is 2. The molecular weight excluding hydrogens is 432 g/mol. The fourth-order valence-corrected chi connectivity index (χ4v) is 4.16. The van der Waals surface area contributed by atoms with E-state index in [1.165, 1.54) is 22.3 Å². The van der Waals surface area contributed by atoms with E-state index in [0.29, 0.717) is 51.5 Å². The molecule has 1 fully saturated rings. The first-order valence-electron chi connectivity index (χ1n) is 12.3. The van der Waals surface area contributed by atoms with E-state index < -0.39 is 12.6 Å². The molecule has 2 aromatic carbocycles. The van der Waals surface area contributed by atoms with Gasteiger partial charge < -0.3 is 28.4 Å². The second-order valence-electron chi connectivity index (χ2n) is 9.26. The number of ether oxygens (including phenoxy) is 6. The van der Waals surface area contributed by atoms with Crippen LogP contribution in [0.15, 0.2) is 36.4 Å². The summed E-state index contributed by atoms with van der Waals surface area (Å²) in [5.74, 6) is 2.68. The van der Waals surface area contributed by atoms with Gasteiger partial charge in [0.15, 0.2) is 0 Å². The predicted molar refractivity (Wildman–Crippen MR) is 133 cm³/mol. The highest BCUT2D eigenvalue weighted by atomic mass is 16.8. The fourth-order valence-electron chi connectivity index (χ4n) is 4.16. The minimum absolute atomic E-state index is 0.372. The van der Waals surface area contributed by atoms with Crippen LogP contribution in [0.2, 0.25) is 0 Å². The molecule has 0 saturated carbocycles. The van der Waals surface area contributed by atoms with E-state index in [0.717, 1.165) is 11.5 Å². The summed E-state index contributed by atoms with van der Waals surface area (Å²) >= 11 is 0. The molecule has 0 N–H and O–H groups in total. The van der Waals surface area contributed by atoms with Crippen molar-refractivity contribution in [2.45, 2.75) is 66.0 Å². The number of hydrogen-bond acceptors (Lipinski definition) is 6. The van der Waals surface area contributed by atoms with Gasteiger partial charge in [-0.2, -0.15) is 0 Å². The van der Waals surface area contributed by atoms with Gasteiger partial charge >= 0.3 is 0 Å². The predicted octanol–water partition coefficient (Wildman–Crippen LogP) is 5.74. The maximum absolute atomic E-state index is 5.85. The third-order valence-corrected chi connectivity index (χ3v) is 5.86. The number of hydrogen-bond donors (Lipinski definition) is 0. The number of rotatable bonds is 12. The minimum Gasteiger partial charge on any atom is -0.491 e. The number of benzene rings is 2. The lowest BCUT2D eigenvalue weighted by molar-refractivity contribution is -0.321. The molecule has 1 heterocycles. The van der Waals surface area contributed by atoms with Gasteiger partial charge in [0.25, 0.3) is 0 Å². The molecule has 0 amide bonds. The van der Waals surface area contributed by atoms with Crippen LogP contribution in [0.3, 0.4) is 0 Å². The standard InChI is InChI=1S/C28H40O6/c1-19(2)25-9-7-23(17-21(25)5)29-11-13-31-27-28(34-16-15-33-27)32-14-12-30-24-8-10-26(20(3)4)22(6)18-24/h7-10,17-20,27-28H,11-16H2,1-6H3/t27-,28-/m0/s1. The minimum atomic E-state index is -0.588. The molecule has 2 aromatic rings. The van der Waals surface area contributed by atoms with Gasteiger partial charge in [-0.25, -0.2) is 0 Å². The Labute approximate surface area is 204 Å². The molecule has 0 bridgehead atoms. The first-order valence-corrected chi connectivity index (χ1v) is 12.3. The van der Waals surface area contributed by atoms with Crippen molar-refractivity contribution in [1.29, 1.82) is 0 Å². The maximum atomic E-state index is 5.85. The highest BCUT2D eigenvalue weighted by Gasteiger charge is 2.28. The van der Waals surface area contributed by atoms with Crippen molar-refractivity contribution in [3.63, 3.8) is 0 Å². The monoisotopic (exact) mass is 472 g/mol. The molecule has 0 radical (unpaired) electrons. The van der Waals surface area contributed by atoms with E-state index in [4.69, 9.17) is 28.4 Å². The van der Waals surface area contributed by atoms with Crippen molar-refractivity contribution in [3.05, 3.63) is 58.7 Å². The Morgan fingerprint density at radius 2 is 1.09 bits per heavy atom. The molecule has 2 atom stereocenters. The molecule has 1 aliphatic heterocycles. The lowest BCUT2D eigenvalue weighted by atomic mass is 9.98. The Hall–Kier alpha value is -2.12. The first-order chi connectivity index (χ1) is 16.3. The van der Waals surface area contributed by atoms with Crippen molar-refractivity contribution >= 4 is 0 Å². The normalized spacial score (nSPS) is 18.5. The van der Waals surface area contributed by atoms with E-state index in [9.17, 15) is 0 Å². The van der Waals surface area contributed by atoms with Crippen LogP contribution in [0, 0.1) is 13.8 Å². The van der Waals surface area contributed by atoms with Crippen LogP contribution in [0.1, 0.15) is 61.8 Å². The molecule has 3 rings (SSSR count). The molecule has 188 valence electrons. The van der Waals surface area contributed by atoms with E-state index in [1.807, 2.05) is 12.1 Å². The Bertz CT molecular complexity index is 821. The van der Waals surface area contributed by atoms with Gasteiger partial charge in [0.2, 0.25) is 12.6 Å². The lowest BCUT2D eigenvalue weighted by Crippen LogP contribution is -2.43. The third-order valence-electron chi connectivity index (χ3n) is 5.86. The van der Waals surface area contributed by atoms with Crippen molar-refractivity contribution in [1.82, 2.24) is 0 Å². The Balaban J connectivity index is 1.38. The van der Waals surface area contributed by atoms with Crippen molar-refractivity contribution in [2.24, 2.45) is 0 Å². The van der Waals surface area contributed by atoms with E-state index >= 15 is 0 Å². The molecular formula is C28H40O6. The summed E-state index contributed by atoms with van der Waals surface area (Å²) < 4.78 is 34.8. The van der Waals surface area contributed by atoms with Crippen LogP contribution in [-0.4, -0.2) is 52.2 Å². The summed E-state index contributed by atoms with van der Waals surface area (Å²) in [5.41, 5.74) is 5.14. The summed E-state index contributed by atoms with van der Waals surface area (Å²) in [6.07, 6.45) is -1.18. The summed E-state index contributed by atoms with van der Waals surface area (Å²) in [4.78, 5) is 0. The Morgan fingerprint density at radius 3 is 1.44 bits per heavy atom. The third kappa shape index (κ3) is 7.70. The van der Waals surface area contributed by atoms with Crippen LogP contribution < -0.4 is 9.47 Å². The van der Waals surface area contributed by atoms with Crippen LogP contribution in [0.25, 0.3) is 0 Å². The largest absolute Gasteiger partial charge is 0.491 e. The zero-order valence-electron chi connectivity index (χ0n) is 21.5. The van der Waals surface area contributed by atoms with Gasteiger partial charge in [-0.15, -0.1) is 0 Å². The van der Waals surface area contributed by atoms with Gasteiger partial charge in [-0.05, 0) is 72.2 Å². The highest BCUT2D eigenvalue weighted by molar-refractivity contribution is 5.37. The topological polar surface area (TPSA) is 55.4 Å². The Morgan fingerprint density at radius 1 is 0.676 bits per heavy atom. The van der Waals surface area contributed by atoms with Crippen LogP contribution in [0.5, 0.6) is 11.5 Å². The molecule has 6 nitrogen and oxygen atoms in total. The molecule has 0 aliphatic carbocycles. The first kappa shape index (κ1) is 26.5. The zero-order chi connectivity index (χ0) is 24.5. The summed E-state index contributed by atoms with van der Waals surface area (Å²) in [5, 5.41) is 0. The maximum Gasteiger partial charge on any atom is 0.209 e. The molecule has 0 aromatic heterocycles. The second kappa shape index (κ2) is 13.1. The molecule has 1 aliphatic rings. The van der Waals surface area contributed by atoms with E-state index in [2.05, 4.69) is 65.8 Å². The lowest BCUT2D eigenvalue weighted by Gasteiger charge is -2.31. The molecule has 34 heavy (non-hydrogen) atoms. The SMILES string of the molecule is Cc1cc(OCCO[C@H]2OCCO[C@@H]2OCCOc2ccc(C(C)C)c(C)c2)ccc1C(C)C. The van der Waals surface area contributed by atoms with Gasteiger partial charge in [-0.1, -0.05) is 39.8 Å². The van der Waals surface area contributed by atoms with Crippen LogP contribution in [0.4, 0.5) is 0 Å². The summed E-state index contributed by atoms with van der Waals surface area (Å²) in [6.45, 7) is 15.5. The van der Waals surface area contributed by atoms with Crippen LogP contribution >= 0.6 is 0 Å². The second-order valence-corrected chi connectivity index (χ2v) is 9.26. The average molecular weight is 473 g/mol. The zero-order valence-corrected chi connectivity index (χ0v) is 21.5. The van der Waals surface area contributed by atoms with Gasteiger partial charge in [0, 0.05) is 0 Å². The molecule has 0 unspecified atom stereocenters. The van der Waals surface area contributed by atoms with Gasteiger partial charge in [0.1, 0.15) is 24.7 Å². The van der Waals surface area contributed by atoms with E-state index in [1.54, 1.807) is 0 Å². The average Bonchev–Trinajstić information content (AvgIpc) is 2.80. The fraction of sp³-hybridized carbons (Fsp3) is 0.571.